The van der Waals surface area contributed by atoms with Crippen molar-refractivity contribution in [2.24, 2.45) is 0 Å². The van der Waals surface area contributed by atoms with Gasteiger partial charge in [-0.3, -0.25) is 0 Å². The molecule has 0 aromatic carbocycles. The zero-order valence-electron chi connectivity index (χ0n) is 9.92. The number of nitrogens with zero attached hydrogens (tertiary/aromatic N) is 1. The van der Waals surface area contributed by atoms with Crippen LogP contribution in [0.2, 0.25) is 0 Å². The third-order valence-electron chi connectivity index (χ3n) is 2.01. The highest BCUT2D eigenvalue weighted by molar-refractivity contribution is 8.02. The van der Waals surface area contributed by atoms with Crippen LogP contribution in [0, 0.1) is 0 Å². The SMILES string of the molecule is C=C(C(=C/C)/C(=C\CC)SC)N(C)C. The van der Waals surface area contributed by atoms with Crippen LogP contribution in [0.25, 0.3) is 0 Å². The van der Waals surface area contributed by atoms with Crippen molar-refractivity contribution in [2.75, 3.05) is 20.4 Å². The first-order valence-corrected chi connectivity index (χ1v) is 6.08. The third-order valence-corrected chi connectivity index (χ3v) is 2.84. The largest absolute Gasteiger partial charge is 0.378 e. The van der Waals surface area contributed by atoms with E-state index in [-0.39, 0.29) is 0 Å². The van der Waals surface area contributed by atoms with Crippen LogP contribution in [0.3, 0.4) is 0 Å². The Balaban J connectivity index is 4.90. The molecule has 0 aromatic rings. The van der Waals surface area contributed by atoms with Gasteiger partial charge < -0.3 is 4.90 Å². The van der Waals surface area contributed by atoms with E-state index in [1.807, 2.05) is 14.1 Å². The van der Waals surface area contributed by atoms with Gasteiger partial charge in [0.05, 0.1) is 0 Å². The molecule has 0 N–H and O–H groups in total. The van der Waals surface area contributed by atoms with E-state index >= 15 is 0 Å². The summed E-state index contributed by atoms with van der Waals surface area (Å²) in [5, 5.41) is 0. The Kier molecular flexibility index (Phi) is 6.46. The molecule has 0 unspecified atom stereocenters. The lowest BCUT2D eigenvalue weighted by molar-refractivity contribution is 0.526. The standard InChI is InChI=1S/C12H21NS/c1-7-9-12(14-6)11(8-2)10(3)13(4)5/h8-9H,3,7H2,1-2,4-6H3/b11-8-,12-9+. The molecule has 0 spiro atoms. The quantitative estimate of drug-likeness (QED) is 0.638. The second-order valence-electron chi connectivity index (χ2n) is 3.22. The van der Waals surface area contributed by atoms with E-state index in [0.29, 0.717) is 0 Å². The topological polar surface area (TPSA) is 3.24 Å². The van der Waals surface area contributed by atoms with Gasteiger partial charge in [0.25, 0.3) is 0 Å². The average Bonchev–Trinajstić information content (AvgIpc) is 2.17. The fourth-order valence-electron chi connectivity index (χ4n) is 1.18. The second-order valence-corrected chi connectivity index (χ2v) is 4.07. The summed E-state index contributed by atoms with van der Waals surface area (Å²) in [7, 11) is 4.05. The summed E-state index contributed by atoms with van der Waals surface area (Å²) >= 11 is 1.78. The smallest absolute Gasteiger partial charge is 0.0369 e. The summed E-state index contributed by atoms with van der Waals surface area (Å²) in [6.45, 7) is 8.29. The van der Waals surface area contributed by atoms with Crippen LogP contribution in [-0.2, 0) is 0 Å². The number of hydrogen-bond acceptors (Lipinski definition) is 2. The molecule has 0 radical (unpaired) electrons. The first-order chi connectivity index (χ1) is 6.58. The van der Waals surface area contributed by atoms with Gasteiger partial charge in [0, 0.05) is 30.3 Å². The molecule has 0 fully saturated rings. The Morgan fingerprint density at radius 3 is 2.29 bits per heavy atom. The van der Waals surface area contributed by atoms with Gasteiger partial charge in [-0.2, -0.15) is 0 Å². The van der Waals surface area contributed by atoms with Crippen molar-refractivity contribution in [2.45, 2.75) is 20.3 Å². The van der Waals surface area contributed by atoms with Crippen molar-refractivity contribution in [3.05, 3.63) is 34.9 Å². The summed E-state index contributed by atoms with van der Waals surface area (Å²) in [6, 6.07) is 0. The van der Waals surface area contributed by atoms with Gasteiger partial charge in [0.1, 0.15) is 0 Å². The highest BCUT2D eigenvalue weighted by atomic mass is 32.2. The van der Waals surface area contributed by atoms with Crippen LogP contribution in [0.5, 0.6) is 0 Å². The summed E-state index contributed by atoms with van der Waals surface area (Å²) in [4.78, 5) is 3.36. The molecule has 0 aliphatic heterocycles. The predicted molar refractivity (Wildman–Crippen MR) is 68.5 cm³/mol. The van der Waals surface area contributed by atoms with Crippen LogP contribution < -0.4 is 0 Å². The lowest BCUT2D eigenvalue weighted by Crippen LogP contribution is -2.12. The maximum absolute atomic E-state index is 4.08. The lowest BCUT2D eigenvalue weighted by atomic mass is 10.1. The Hall–Kier alpha value is -0.630. The zero-order valence-corrected chi connectivity index (χ0v) is 10.7. The van der Waals surface area contributed by atoms with Gasteiger partial charge in [0.2, 0.25) is 0 Å². The maximum Gasteiger partial charge on any atom is 0.0369 e. The summed E-state index contributed by atoms with van der Waals surface area (Å²) in [6.07, 6.45) is 7.54. The molecule has 0 atom stereocenters. The average molecular weight is 211 g/mol. The first-order valence-electron chi connectivity index (χ1n) is 4.85. The third kappa shape index (κ3) is 3.62. The second kappa shape index (κ2) is 6.77. The van der Waals surface area contributed by atoms with E-state index in [9.17, 15) is 0 Å². The van der Waals surface area contributed by atoms with Crippen molar-refractivity contribution in [1.82, 2.24) is 4.90 Å². The molecular formula is C12H21NS. The van der Waals surface area contributed by atoms with Crippen LogP contribution >= 0.6 is 11.8 Å². The van der Waals surface area contributed by atoms with Crippen LogP contribution in [0.1, 0.15) is 20.3 Å². The Labute approximate surface area is 92.6 Å². The minimum atomic E-state index is 1.06. The Bertz CT molecular complexity index is 249. The molecule has 0 rings (SSSR count). The molecule has 0 bridgehead atoms. The van der Waals surface area contributed by atoms with Gasteiger partial charge in [-0.15, -0.1) is 11.8 Å². The van der Waals surface area contributed by atoms with Gasteiger partial charge in [-0.1, -0.05) is 25.7 Å². The predicted octanol–water partition coefficient (Wildman–Crippen LogP) is 3.66. The Morgan fingerprint density at radius 2 is 2.00 bits per heavy atom. The molecule has 14 heavy (non-hydrogen) atoms. The van der Waals surface area contributed by atoms with Crippen molar-refractivity contribution < 1.29 is 0 Å². The van der Waals surface area contributed by atoms with Crippen LogP contribution in [0.4, 0.5) is 0 Å². The van der Waals surface area contributed by atoms with Gasteiger partial charge >= 0.3 is 0 Å². The molecule has 0 aromatic heterocycles. The van der Waals surface area contributed by atoms with E-state index in [4.69, 9.17) is 0 Å². The van der Waals surface area contributed by atoms with Crippen LogP contribution in [-0.4, -0.2) is 25.3 Å². The molecule has 0 saturated heterocycles. The molecule has 0 amide bonds. The van der Waals surface area contributed by atoms with E-state index in [0.717, 1.165) is 12.1 Å². The number of likely N-dealkylation sites (N-methyl/N-ethyl adjacent to an activating group) is 1. The molecular weight excluding hydrogens is 190 g/mol. The number of thioether (sulfide) groups is 1. The van der Waals surface area contributed by atoms with Gasteiger partial charge in [0.15, 0.2) is 0 Å². The first kappa shape index (κ1) is 13.4. The number of hydrogen-bond donors (Lipinski definition) is 0. The van der Waals surface area contributed by atoms with Gasteiger partial charge in [-0.25, -0.2) is 0 Å². The maximum atomic E-state index is 4.08. The molecule has 0 aliphatic carbocycles. The van der Waals surface area contributed by atoms with E-state index < -0.39 is 0 Å². The van der Waals surface area contributed by atoms with Gasteiger partial charge in [-0.05, 0) is 19.6 Å². The fraction of sp³-hybridized carbons (Fsp3) is 0.500. The molecule has 0 saturated carbocycles. The molecule has 2 heteroatoms. The van der Waals surface area contributed by atoms with E-state index in [1.54, 1.807) is 11.8 Å². The minimum absolute atomic E-state index is 1.06. The van der Waals surface area contributed by atoms with Crippen molar-refractivity contribution in [1.29, 1.82) is 0 Å². The van der Waals surface area contributed by atoms with E-state index in [2.05, 4.69) is 43.7 Å². The molecule has 0 heterocycles. The highest BCUT2D eigenvalue weighted by Gasteiger charge is 2.08. The minimum Gasteiger partial charge on any atom is -0.378 e. The number of rotatable bonds is 5. The van der Waals surface area contributed by atoms with Crippen molar-refractivity contribution >= 4 is 11.8 Å². The normalized spacial score (nSPS) is 12.9. The summed E-state index contributed by atoms with van der Waals surface area (Å²) < 4.78 is 0. The zero-order chi connectivity index (χ0) is 11.1. The summed E-state index contributed by atoms with van der Waals surface area (Å²) in [5.74, 6) is 0. The van der Waals surface area contributed by atoms with Crippen molar-refractivity contribution in [3.8, 4) is 0 Å². The molecule has 1 nitrogen and oxygen atoms in total. The van der Waals surface area contributed by atoms with E-state index in [1.165, 1.54) is 10.5 Å². The Morgan fingerprint density at radius 1 is 1.43 bits per heavy atom. The van der Waals surface area contributed by atoms with Crippen LogP contribution in [0.15, 0.2) is 34.9 Å². The number of allylic oxidation sites excluding steroid dienone is 3. The van der Waals surface area contributed by atoms with Crippen molar-refractivity contribution in [3.63, 3.8) is 0 Å². The molecule has 0 aliphatic rings. The lowest BCUT2D eigenvalue weighted by Gasteiger charge is -2.20. The fourth-order valence-corrected chi connectivity index (χ4v) is 1.97. The highest BCUT2D eigenvalue weighted by Crippen LogP contribution is 2.27. The molecule has 80 valence electrons. The summed E-state index contributed by atoms with van der Waals surface area (Å²) in [5.41, 5.74) is 2.31. The monoisotopic (exact) mass is 211 g/mol.